The summed E-state index contributed by atoms with van der Waals surface area (Å²) in [4.78, 5) is 0. The van der Waals surface area contributed by atoms with E-state index in [2.05, 4.69) is 5.32 Å². The standard InChI is InChI=1S/C14H12F4N2O/c15-11-6-9(14(16,17)18)1-3-12(11)20-7-8-5-10(19)2-4-13(8)21/h1-6,20-21H,7,19H2. The summed E-state index contributed by atoms with van der Waals surface area (Å²) in [5.74, 6) is -1.06. The lowest BCUT2D eigenvalue weighted by molar-refractivity contribution is -0.137. The van der Waals surface area contributed by atoms with Crippen LogP contribution in [0.15, 0.2) is 36.4 Å². The van der Waals surface area contributed by atoms with Crippen LogP contribution in [0.25, 0.3) is 0 Å². The van der Waals surface area contributed by atoms with Crippen LogP contribution in [0.2, 0.25) is 0 Å². The van der Waals surface area contributed by atoms with E-state index in [0.717, 1.165) is 12.1 Å². The number of benzene rings is 2. The van der Waals surface area contributed by atoms with Crippen LogP contribution in [0.3, 0.4) is 0 Å². The highest BCUT2D eigenvalue weighted by Gasteiger charge is 2.31. The van der Waals surface area contributed by atoms with Crippen molar-refractivity contribution in [1.29, 1.82) is 0 Å². The molecular formula is C14H12F4N2O. The van der Waals surface area contributed by atoms with Crippen molar-refractivity contribution >= 4 is 11.4 Å². The molecule has 2 aromatic carbocycles. The van der Waals surface area contributed by atoms with Gasteiger partial charge in [-0.05, 0) is 36.4 Å². The Balaban J connectivity index is 2.15. The van der Waals surface area contributed by atoms with Crippen molar-refractivity contribution in [2.45, 2.75) is 12.7 Å². The molecule has 0 bridgehead atoms. The molecule has 0 radical (unpaired) electrons. The van der Waals surface area contributed by atoms with Crippen molar-refractivity contribution in [3.05, 3.63) is 53.3 Å². The summed E-state index contributed by atoms with van der Waals surface area (Å²) in [6.45, 7) is 0.0269. The van der Waals surface area contributed by atoms with Gasteiger partial charge in [0.25, 0.3) is 0 Å². The molecule has 112 valence electrons. The van der Waals surface area contributed by atoms with E-state index in [0.29, 0.717) is 17.3 Å². The number of phenols is 1. The molecule has 0 saturated heterocycles. The van der Waals surface area contributed by atoms with Gasteiger partial charge in [-0.2, -0.15) is 13.2 Å². The number of rotatable bonds is 3. The van der Waals surface area contributed by atoms with Crippen LogP contribution in [0, 0.1) is 5.82 Å². The molecule has 0 fully saturated rings. The monoisotopic (exact) mass is 300 g/mol. The van der Waals surface area contributed by atoms with E-state index in [1.807, 2.05) is 0 Å². The molecule has 0 saturated carbocycles. The number of nitrogens with one attached hydrogen (secondary N) is 1. The van der Waals surface area contributed by atoms with Crippen molar-refractivity contribution in [2.24, 2.45) is 0 Å². The van der Waals surface area contributed by atoms with Crippen LogP contribution >= 0.6 is 0 Å². The fraction of sp³-hybridized carbons (Fsp3) is 0.143. The quantitative estimate of drug-likeness (QED) is 0.460. The average molecular weight is 300 g/mol. The van der Waals surface area contributed by atoms with Crippen LogP contribution in [0.5, 0.6) is 5.75 Å². The van der Waals surface area contributed by atoms with Gasteiger partial charge >= 0.3 is 6.18 Å². The minimum atomic E-state index is -4.59. The number of halogens is 4. The second-order valence-electron chi connectivity index (χ2n) is 4.43. The molecule has 0 spiro atoms. The summed E-state index contributed by atoms with van der Waals surface area (Å²) in [5.41, 5.74) is 5.23. The van der Waals surface area contributed by atoms with Gasteiger partial charge in [0.15, 0.2) is 0 Å². The normalized spacial score (nSPS) is 11.4. The fourth-order valence-corrected chi connectivity index (χ4v) is 1.77. The number of anilines is 2. The van der Waals surface area contributed by atoms with Gasteiger partial charge in [-0.25, -0.2) is 4.39 Å². The molecule has 0 heterocycles. The van der Waals surface area contributed by atoms with Crippen molar-refractivity contribution in [3.8, 4) is 5.75 Å². The molecule has 3 nitrogen and oxygen atoms in total. The van der Waals surface area contributed by atoms with E-state index < -0.39 is 17.6 Å². The van der Waals surface area contributed by atoms with Gasteiger partial charge in [0.1, 0.15) is 11.6 Å². The van der Waals surface area contributed by atoms with Crippen molar-refractivity contribution in [1.82, 2.24) is 0 Å². The topological polar surface area (TPSA) is 58.3 Å². The highest BCUT2D eigenvalue weighted by molar-refractivity contribution is 5.51. The number of hydrogen-bond acceptors (Lipinski definition) is 3. The van der Waals surface area contributed by atoms with Gasteiger partial charge in [-0.1, -0.05) is 0 Å². The molecule has 0 aromatic heterocycles. The van der Waals surface area contributed by atoms with Crippen LogP contribution < -0.4 is 11.1 Å². The number of nitrogens with two attached hydrogens (primary N) is 1. The number of hydrogen-bond donors (Lipinski definition) is 3. The lowest BCUT2D eigenvalue weighted by Gasteiger charge is -2.12. The van der Waals surface area contributed by atoms with Gasteiger partial charge in [0.05, 0.1) is 11.3 Å². The average Bonchev–Trinajstić information content (AvgIpc) is 2.40. The van der Waals surface area contributed by atoms with Crippen molar-refractivity contribution in [2.75, 3.05) is 11.1 Å². The molecule has 0 aliphatic carbocycles. The van der Waals surface area contributed by atoms with E-state index in [-0.39, 0.29) is 18.0 Å². The molecule has 0 atom stereocenters. The summed E-state index contributed by atoms with van der Waals surface area (Å²) in [5, 5.41) is 12.2. The first-order chi connectivity index (χ1) is 9.77. The predicted molar refractivity (Wildman–Crippen MR) is 71.2 cm³/mol. The number of alkyl halides is 3. The van der Waals surface area contributed by atoms with Crippen LogP contribution in [0.4, 0.5) is 28.9 Å². The van der Waals surface area contributed by atoms with Crippen LogP contribution in [-0.2, 0) is 12.7 Å². The summed E-state index contributed by atoms with van der Waals surface area (Å²) in [6.07, 6.45) is -4.59. The van der Waals surface area contributed by atoms with Gasteiger partial charge in [0, 0.05) is 17.8 Å². The molecule has 2 rings (SSSR count). The van der Waals surface area contributed by atoms with Crippen molar-refractivity contribution < 1.29 is 22.7 Å². The maximum absolute atomic E-state index is 13.6. The van der Waals surface area contributed by atoms with Crippen molar-refractivity contribution in [3.63, 3.8) is 0 Å². The summed E-state index contributed by atoms with van der Waals surface area (Å²) in [7, 11) is 0. The third kappa shape index (κ3) is 3.56. The molecule has 21 heavy (non-hydrogen) atoms. The van der Waals surface area contributed by atoms with Gasteiger partial charge < -0.3 is 16.2 Å². The summed E-state index contributed by atoms with van der Waals surface area (Å²) < 4.78 is 50.9. The maximum Gasteiger partial charge on any atom is 0.416 e. The lowest BCUT2D eigenvalue weighted by atomic mass is 10.1. The second-order valence-corrected chi connectivity index (χ2v) is 4.43. The first-order valence-electron chi connectivity index (χ1n) is 5.95. The lowest BCUT2D eigenvalue weighted by Crippen LogP contribution is -2.07. The molecule has 7 heteroatoms. The van der Waals surface area contributed by atoms with Gasteiger partial charge in [-0.3, -0.25) is 0 Å². The molecule has 0 aliphatic heterocycles. The number of nitrogen functional groups attached to an aromatic ring is 1. The third-order valence-corrected chi connectivity index (χ3v) is 2.87. The highest BCUT2D eigenvalue weighted by atomic mass is 19.4. The fourth-order valence-electron chi connectivity index (χ4n) is 1.77. The van der Waals surface area contributed by atoms with Crippen LogP contribution in [-0.4, -0.2) is 5.11 Å². The van der Waals surface area contributed by atoms with E-state index in [9.17, 15) is 22.7 Å². The van der Waals surface area contributed by atoms with E-state index in [1.54, 1.807) is 0 Å². The first kappa shape index (κ1) is 15.0. The Morgan fingerprint density at radius 1 is 1.10 bits per heavy atom. The highest BCUT2D eigenvalue weighted by Crippen LogP contribution is 2.31. The number of aromatic hydroxyl groups is 1. The third-order valence-electron chi connectivity index (χ3n) is 2.87. The minimum Gasteiger partial charge on any atom is -0.508 e. The Hall–Kier alpha value is -2.44. The van der Waals surface area contributed by atoms with E-state index >= 15 is 0 Å². The molecule has 0 unspecified atom stereocenters. The van der Waals surface area contributed by atoms with Crippen LogP contribution in [0.1, 0.15) is 11.1 Å². The zero-order valence-electron chi connectivity index (χ0n) is 10.7. The van der Waals surface area contributed by atoms with Gasteiger partial charge in [-0.15, -0.1) is 0 Å². The molecular weight excluding hydrogens is 288 g/mol. The molecule has 0 aliphatic rings. The Kier molecular flexibility index (Phi) is 3.93. The SMILES string of the molecule is Nc1ccc(O)c(CNc2ccc(C(F)(F)F)cc2F)c1. The first-order valence-corrected chi connectivity index (χ1v) is 5.95. The zero-order valence-corrected chi connectivity index (χ0v) is 10.7. The van der Waals surface area contributed by atoms with Gasteiger partial charge in [0.2, 0.25) is 0 Å². The minimum absolute atomic E-state index is 0.0269. The number of phenolic OH excluding ortho intramolecular Hbond substituents is 1. The predicted octanol–water partition coefficient (Wildman–Crippen LogP) is 3.74. The Morgan fingerprint density at radius 3 is 2.43 bits per heavy atom. The zero-order chi connectivity index (χ0) is 15.6. The Bertz CT molecular complexity index is 656. The maximum atomic E-state index is 13.6. The molecule has 0 amide bonds. The second kappa shape index (κ2) is 5.51. The summed E-state index contributed by atoms with van der Waals surface area (Å²) >= 11 is 0. The summed E-state index contributed by atoms with van der Waals surface area (Å²) in [6, 6.07) is 6.57. The largest absolute Gasteiger partial charge is 0.508 e. The smallest absolute Gasteiger partial charge is 0.416 e. The Labute approximate surface area is 118 Å². The molecule has 4 N–H and O–H groups in total. The molecule has 2 aromatic rings. The Morgan fingerprint density at radius 2 is 1.81 bits per heavy atom. The van der Waals surface area contributed by atoms with E-state index in [4.69, 9.17) is 5.73 Å². The van der Waals surface area contributed by atoms with E-state index in [1.165, 1.54) is 18.2 Å².